The maximum atomic E-state index is 12.8. The summed E-state index contributed by atoms with van der Waals surface area (Å²) in [6.07, 6.45) is 7.45. The summed E-state index contributed by atoms with van der Waals surface area (Å²) >= 11 is 1.50. The average Bonchev–Trinajstić information content (AvgIpc) is 2.85. The molecule has 2 saturated heterocycles. The number of rotatable bonds is 5. The van der Waals surface area contributed by atoms with E-state index in [1.807, 2.05) is 6.26 Å². The standard InChI is InChI=1S/C17H27N3O3S.ClH/c1-24-10-14(15(21)19-11-5-4-8-18-9-11)20-16(22)12-6-2-3-7-13(12)17(20)23;/h11-14,18H,2-10H2,1H3,(H,19,21);1H/t11-,12?,13?,14?;/m0./s1. The first-order valence-electron chi connectivity index (χ1n) is 9.00. The molecular weight excluding hydrogens is 362 g/mol. The van der Waals surface area contributed by atoms with Crippen molar-refractivity contribution in [2.24, 2.45) is 11.8 Å². The highest BCUT2D eigenvalue weighted by molar-refractivity contribution is 7.98. The maximum Gasteiger partial charge on any atom is 0.244 e. The first kappa shape index (κ1) is 20.5. The number of carbonyl (C=O) groups is 3. The fourth-order valence-corrected chi connectivity index (χ4v) is 4.81. The van der Waals surface area contributed by atoms with E-state index >= 15 is 0 Å². The Hall–Kier alpha value is -0.790. The summed E-state index contributed by atoms with van der Waals surface area (Å²) in [6.45, 7) is 1.73. The number of hydrogen-bond acceptors (Lipinski definition) is 5. The Labute approximate surface area is 159 Å². The molecule has 0 aromatic carbocycles. The SMILES string of the molecule is CSCC(C(=O)N[C@H]1CCCNC1)N1C(=O)C2CCCCC2C1=O.Cl. The van der Waals surface area contributed by atoms with Crippen molar-refractivity contribution in [3.63, 3.8) is 0 Å². The van der Waals surface area contributed by atoms with Crippen LogP contribution in [0.3, 0.4) is 0 Å². The molecule has 3 amide bonds. The highest BCUT2D eigenvalue weighted by Crippen LogP contribution is 2.39. The third kappa shape index (κ3) is 4.31. The van der Waals surface area contributed by atoms with Crippen LogP contribution >= 0.6 is 24.2 Å². The van der Waals surface area contributed by atoms with E-state index < -0.39 is 6.04 Å². The summed E-state index contributed by atoms with van der Waals surface area (Å²) < 4.78 is 0. The molecule has 2 N–H and O–H groups in total. The van der Waals surface area contributed by atoms with E-state index in [-0.39, 0.29) is 48.0 Å². The Kier molecular flexibility index (Phi) is 7.58. The van der Waals surface area contributed by atoms with Crippen molar-refractivity contribution in [3.8, 4) is 0 Å². The number of imide groups is 1. The van der Waals surface area contributed by atoms with E-state index in [0.717, 1.165) is 51.6 Å². The first-order chi connectivity index (χ1) is 11.6. The number of piperidine rings is 1. The van der Waals surface area contributed by atoms with Gasteiger partial charge in [-0.1, -0.05) is 12.8 Å². The minimum absolute atomic E-state index is 0. The number of halogens is 1. The van der Waals surface area contributed by atoms with Crippen molar-refractivity contribution < 1.29 is 14.4 Å². The van der Waals surface area contributed by atoms with Crippen molar-refractivity contribution in [1.82, 2.24) is 15.5 Å². The summed E-state index contributed by atoms with van der Waals surface area (Å²) in [4.78, 5) is 39.6. The van der Waals surface area contributed by atoms with Crippen LogP contribution in [0.5, 0.6) is 0 Å². The van der Waals surface area contributed by atoms with Crippen molar-refractivity contribution in [2.75, 3.05) is 25.1 Å². The Morgan fingerprint density at radius 3 is 2.36 bits per heavy atom. The van der Waals surface area contributed by atoms with Gasteiger partial charge in [0.15, 0.2) is 0 Å². The molecule has 0 radical (unpaired) electrons. The molecule has 0 spiro atoms. The summed E-state index contributed by atoms with van der Waals surface area (Å²) in [5, 5.41) is 6.31. The molecule has 3 aliphatic rings. The van der Waals surface area contributed by atoms with Gasteiger partial charge in [-0.25, -0.2) is 0 Å². The number of nitrogens with zero attached hydrogens (tertiary/aromatic N) is 1. The number of carbonyl (C=O) groups excluding carboxylic acids is 3. The van der Waals surface area contributed by atoms with Crippen LogP contribution in [0.2, 0.25) is 0 Å². The lowest BCUT2D eigenvalue weighted by Gasteiger charge is -2.29. The molecule has 0 aromatic rings. The third-order valence-electron chi connectivity index (χ3n) is 5.46. The highest BCUT2D eigenvalue weighted by Gasteiger charge is 2.51. The molecule has 4 atom stereocenters. The smallest absolute Gasteiger partial charge is 0.244 e. The minimum Gasteiger partial charge on any atom is -0.350 e. The van der Waals surface area contributed by atoms with Crippen LogP contribution in [0, 0.1) is 11.8 Å². The monoisotopic (exact) mass is 389 g/mol. The molecule has 25 heavy (non-hydrogen) atoms. The number of fused-ring (bicyclic) bond motifs is 1. The Morgan fingerprint density at radius 1 is 1.20 bits per heavy atom. The largest absolute Gasteiger partial charge is 0.350 e. The predicted octanol–water partition coefficient (Wildman–Crippen LogP) is 1.18. The number of nitrogens with one attached hydrogen (secondary N) is 2. The van der Waals surface area contributed by atoms with Gasteiger partial charge in [-0.05, 0) is 38.5 Å². The molecule has 2 heterocycles. The first-order valence-corrected chi connectivity index (χ1v) is 10.4. The topological polar surface area (TPSA) is 78.5 Å². The van der Waals surface area contributed by atoms with Gasteiger partial charge >= 0.3 is 0 Å². The molecule has 3 rings (SSSR count). The van der Waals surface area contributed by atoms with Crippen molar-refractivity contribution >= 4 is 41.9 Å². The van der Waals surface area contributed by atoms with Crippen LogP contribution in [0.1, 0.15) is 38.5 Å². The molecule has 1 aliphatic carbocycles. The quantitative estimate of drug-likeness (QED) is 0.690. The van der Waals surface area contributed by atoms with Crippen LogP contribution in [-0.4, -0.2) is 59.8 Å². The van der Waals surface area contributed by atoms with E-state index in [1.165, 1.54) is 16.7 Å². The molecule has 142 valence electrons. The van der Waals surface area contributed by atoms with Gasteiger partial charge in [-0.3, -0.25) is 19.3 Å². The lowest BCUT2D eigenvalue weighted by atomic mass is 9.81. The lowest BCUT2D eigenvalue weighted by Crippen LogP contribution is -2.55. The van der Waals surface area contributed by atoms with E-state index in [0.29, 0.717) is 5.75 Å². The maximum absolute atomic E-state index is 12.8. The molecule has 0 bridgehead atoms. The molecule has 6 nitrogen and oxygen atoms in total. The fourth-order valence-electron chi connectivity index (χ4n) is 4.19. The minimum atomic E-state index is -0.674. The average molecular weight is 390 g/mol. The van der Waals surface area contributed by atoms with E-state index in [9.17, 15) is 14.4 Å². The van der Waals surface area contributed by atoms with E-state index in [4.69, 9.17) is 0 Å². The summed E-state index contributed by atoms with van der Waals surface area (Å²) in [7, 11) is 0. The molecule has 8 heteroatoms. The van der Waals surface area contributed by atoms with Gasteiger partial charge in [0.05, 0.1) is 11.8 Å². The van der Waals surface area contributed by atoms with Crippen molar-refractivity contribution in [1.29, 1.82) is 0 Å². The third-order valence-corrected chi connectivity index (χ3v) is 6.11. The molecular formula is C17H28ClN3O3S. The van der Waals surface area contributed by atoms with Gasteiger partial charge in [0.1, 0.15) is 6.04 Å². The highest BCUT2D eigenvalue weighted by atomic mass is 35.5. The Balaban J connectivity index is 0.00000225. The normalized spacial score (nSPS) is 30.4. The van der Waals surface area contributed by atoms with Gasteiger partial charge in [-0.2, -0.15) is 11.8 Å². The second-order valence-corrected chi connectivity index (χ2v) is 7.98. The van der Waals surface area contributed by atoms with Crippen molar-refractivity contribution in [2.45, 2.75) is 50.6 Å². The van der Waals surface area contributed by atoms with Crippen LogP contribution < -0.4 is 10.6 Å². The van der Waals surface area contributed by atoms with E-state index in [1.54, 1.807) is 0 Å². The summed E-state index contributed by atoms with van der Waals surface area (Å²) in [6, 6.07) is -0.585. The van der Waals surface area contributed by atoms with Gasteiger partial charge in [0.25, 0.3) is 0 Å². The van der Waals surface area contributed by atoms with E-state index in [2.05, 4.69) is 10.6 Å². The molecule has 1 saturated carbocycles. The predicted molar refractivity (Wildman–Crippen MR) is 101 cm³/mol. The van der Waals surface area contributed by atoms with Gasteiger partial charge in [0, 0.05) is 18.3 Å². The van der Waals surface area contributed by atoms with Crippen LogP contribution in [0.15, 0.2) is 0 Å². The second kappa shape index (κ2) is 9.24. The van der Waals surface area contributed by atoms with Crippen molar-refractivity contribution in [3.05, 3.63) is 0 Å². The van der Waals surface area contributed by atoms with Crippen LogP contribution in [-0.2, 0) is 14.4 Å². The number of amides is 3. The summed E-state index contributed by atoms with van der Waals surface area (Å²) in [5.74, 6) is -0.359. The van der Waals surface area contributed by atoms with Gasteiger partial charge in [0.2, 0.25) is 17.7 Å². The fraction of sp³-hybridized carbons (Fsp3) is 0.824. The number of thioether (sulfide) groups is 1. The molecule has 3 unspecified atom stereocenters. The van der Waals surface area contributed by atoms with Gasteiger partial charge in [-0.15, -0.1) is 12.4 Å². The second-order valence-electron chi connectivity index (χ2n) is 7.07. The van der Waals surface area contributed by atoms with Gasteiger partial charge < -0.3 is 10.6 Å². The summed E-state index contributed by atoms with van der Waals surface area (Å²) in [5.41, 5.74) is 0. The number of hydrogen-bond donors (Lipinski definition) is 2. The Bertz CT molecular complexity index is 489. The molecule has 2 aliphatic heterocycles. The van der Waals surface area contributed by atoms with Crippen LogP contribution in [0.25, 0.3) is 0 Å². The zero-order chi connectivity index (χ0) is 17.1. The molecule has 3 fully saturated rings. The van der Waals surface area contributed by atoms with Crippen LogP contribution in [0.4, 0.5) is 0 Å². The Morgan fingerprint density at radius 2 is 1.84 bits per heavy atom. The molecule has 0 aromatic heterocycles. The zero-order valence-electron chi connectivity index (χ0n) is 14.7. The lowest BCUT2D eigenvalue weighted by molar-refractivity contribution is -0.147. The number of likely N-dealkylation sites (tertiary alicyclic amines) is 1. The zero-order valence-corrected chi connectivity index (χ0v) is 16.3.